The maximum Gasteiger partial charge on any atom is 0.338 e. The molecular weight excluding hydrogens is 406 g/mol. The van der Waals surface area contributed by atoms with Crippen LogP contribution in [0.4, 0.5) is 0 Å². The summed E-state index contributed by atoms with van der Waals surface area (Å²) in [7, 11) is -3.44. The maximum absolute atomic E-state index is 12.5. The first-order chi connectivity index (χ1) is 14.3. The minimum atomic E-state index is -3.44. The second kappa shape index (κ2) is 9.21. The number of benzene rings is 2. The van der Waals surface area contributed by atoms with Gasteiger partial charge in [-0.25, -0.2) is 13.2 Å². The molecule has 7 nitrogen and oxygen atoms in total. The third-order valence-corrected chi connectivity index (χ3v) is 6.65. The van der Waals surface area contributed by atoms with E-state index in [0.717, 1.165) is 6.42 Å². The topological polar surface area (TPSA) is 97.8 Å². The van der Waals surface area contributed by atoms with Gasteiger partial charge in [-0.1, -0.05) is 31.5 Å². The SMILES string of the molecule is CCCCN1C(=O)c2ccc(C(=O)OCCCS(=O)(=O)c3ccccc3)cc2C1=O. The van der Waals surface area contributed by atoms with Crippen molar-refractivity contribution in [3.63, 3.8) is 0 Å². The van der Waals surface area contributed by atoms with E-state index in [-0.39, 0.29) is 46.3 Å². The van der Waals surface area contributed by atoms with E-state index in [1.165, 1.54) is 35.2 Å². The van der Waals surface area contributed by atoms with Gasteiger partial charge in [0.1, 0.15) is 0 Å². The minimum absolute atomic E-state index is 0.0719. The number of rotatable bonds is 9. The summed E-state index contributed by atoms with van der Waals surface area (Å²) in [5, 5.41) is 0. The number of hydrogen-bond donors (Lipinski definition) is 0. The summed E-state index contributed by atoms with van der Waals surface area (Å²) >= 11 is 0. The third-order valence-electron chi connectivity index (χ3n) is 4.83. The molecule has 0 aliphatic carbocycles. The molecule has 0 fully saturated rings. The molecule has 2 amide bonds. The number of hydrogen-bond acceptors (Lipinski definition) is 6. The first kappa shape index (κ1) is 21.7. The molecule has 8 heteroatoms. The van der Waals surface area contributed by atoms with E-state index in [1.54, 1.807) is 18.2 Å². The Balaban J connectivity index is 1.58. The average molecular weight is 429 g/mol. The van der Waals surface area contributed by atoms with Crippen LogP contribution in [0.25, 0.3) is 0 Å². The first-order valence-corrected chi connectivity index (χ1v) is 11.5. The fourth-order valence-corrected chi connectivity index (χ4v) is 4.49. The predicted molar refractivity (Wildman–Crippen MR) is 110 cm³/mol. The van der Waals surface area contributed by atoms with E-state index in [9.17, 15) is 22.8 Å². The van der Waals surface area contributed by atoms with E-state index in [0.29, 0.717) is 13.0 Å². The van der Waals surface area contributed by atoms with Crippen molar-refractivity contribution < 1.29 is 27.5 Å². The highest BCUT2D eigenvalue weighted by Gasteiger charge is 2.35. The van der Waals surface area contributed by atoms with Gasteiger partial charge in [0.2, 0.25) is 0 Å². The lowest BCUT2D eigenvalue weighted by Gasteiger charge is -2.12. The van der Waals surface area contributed by atoms with Gasteiger partial charge in [-0.15, -0.1) is 0 Å². The van der Waals surface area contributed by atoms with Crippen molar-refractivity contribution in [3.8, 4) is 0 Å². The van der Waals surface area contributed by atoms with E-state index in [4.69, 9.17) is 4.74 Å². The number of amides is 2. The summed E-state index contributed by atoms with van der Waals surface area (Å²) in [6.07, 6.45) is 1.72. The van der Waals surface area contributed by atoms with Crippen molar-refractivity contribution in [2.24, 2.45) is 0 Å². The standard InChI is InChI=1S/C22H23NO6S/c1-2-3-12-23-20(24)18-11-10-16(15-19(18)21(23)25)22(26)29-13-7-14-30(27,28)17-8-5-4-6-9-17/h4-6,8-11,15H,2-3,7,12-14H2,1H3. The smallest absolute Gasteiger partial charge is 0.338 e. The second-order valence-corrected chi connectivity index (χ2v) is 9.11. The number of fused-ring (bicyclic) bond motifs is 1. The van der Waals surface area contributed by atoms with Crippen LogP contribution in [-0.2, 0) is 14.6 Å². The molecule has 2 aromatic carbocycles. The van der Waals surface area contributed by atoms with Crippen molar-refractivity contribution in [2.75, 3.05) is 18.9 Å². The van der Waals surface area contributed by atoms with Crippen molar-refractivity contribution in [3.05, 3.63) is 65.2 Å². The van der Waals surface area contributed by atoms with E-state index < -0.39 is 21.7 Å². The van der Waals surface area contributed by atoms with E-state index in [2.05, 4.69) is 0 Å². The monoisotopic (exact) mass is 429 g/mol. The lowest BCUT2D eigenvalue weighted by atomic mass is 10.1. The Morgan fingerprint density at radius 2 is 1.67 bits per heavy atom. The molecule has 1 heterocycles. The zero-order valence-electron chi connectivity index (χ0n) is 16.7. The van der Waals surface area contributed by atoms with Crippen LogP contribution in [0.3, 0.4) is 0 Å². The lowest BCUT2D eigenvalue weighted by Crippen LogP contribution is -2.30. The molecule has 0 radical (unpaired) electrons. The number of carbonyl (C=O) groups is 3. The highest BCUT2D eigenvalue weighted by molar-refractivity contribution is 7.91. The van der Waals surface area contributed by atoms with Crippen LogP contribution in [0.5, 0.6) is 0 Å². The molecule has 30 heavy (non-hydrogen) atoms. The molecule has 2 aromatic rings. The largest absolute Gasteiger partial charge is 0.462 e. The molecule has 0 atom stereocenters. The van der Waals surface area contributed by atoms with Crippen LogP contribution in [0.2, 0.25) is 0 Å². The summed E-state index contributed by atoms with van der Waals surface area (Å²) in [6, 6.07) is 12.3. The van der Waals surface area contributed by atoms with E-state index in [1.807, 2.05) is 6.92 Å². The zero-order valence-corrected chi connectivity index (χ0v) is 17.5. The molecule has 0 saturated heterocycles. The Hall–Kier alpha value is -3.00. The van der Waals surface area contributed by atoms with Crippen LogP contribution in [0.1, 0.15) is 57.3 Å². The van der Waals surface area contributed by atoms with Gasteiger partial charge in [0, 0.05) is 6.54 Å². The number of carbonyl (C=O) groups excluding carboxylic acids is 3. The second-order valence-electron chi connectivity index (χ2n) is 7.00. The Bertz CT molecular complexity index is 1060. The summed E-state index contributed by atoms with van der Waals surface area (Å²) in [6.45, 7) is 2.24. The molecule has 3 rings (SSSR count). The van der Waals surface area contributed by atoms with Gasteiger partial charge >= 0.3 is 5.97 Å². The van der Waals surface area contributed by atoms with Crippen molar-refractivity contribution in [1.82, 2.24) is 4.90 Å². The third kappa shape index (κ3) is 4.59. The van der Waals surface area contributed by atoms with E-state index >= 15 is 0 Å². The number of unbranched alkanes of at least 4 members (excludes halogenated alkanes) is 1. The molecule has 0 aromatic heterocycles. The van der Waals surface area contributed by atoms with Gasteiger partial charge in [0.15, 0.2) is 9.84 Å². The normalized spacial score (nSPS) is 13.4. The van der Waals surface area contributed by atoms with Gasteiger partial charge in [-0.2, -0.15) is 0 Å². The van der Waals surface area contributed by atoms with Gasteiger partial charge in [0.05, 0.1) is 33.9 Å². The summed E-state index contributed by atoms with van der Waals surface area (Å²) in [5.41, 5.74) is 0.622. The van der Waals surface area contributed by atoms with Gasteiger partial charge < -0.3 is 4.74 Å². The van der Waals surface area contributed by atoms with Crippen LogP contribution < -0.4 is 0 Å². The highest BCUT2D eigenvalue weighted by Crippen LogP contribution is 2.24. The quantitative estimate of drug-likeness (QED) is 0.345. The van der Waals surface area contributed by atoms with Crippen LogP contribution in [-0.4, -0.2) is 50.0 Å². The molecule has 0 spiro atoms. The molecule has 0 bridgehead atoms. The number of sulfone groups is 1. The molecule has 1 aliphatic rings. The Morgan fingerprint density at radius 1 is 0.967 bits per heavy atom. The maximum atomic E-state index is 12.5. The molecule has 1 aliphatic heterocycles. The summed E-state index contributed by atoms with van der Waals surface area (Å²) in [5.74, 6) is -1.57. The Morgan fingerprint density at radius 3 is 2.37 bits per heavy atom. The van der Waals surface area contributed by atoms with Crippen molar-refractivity contribution in [2.45, 2.75) is 31.1 Å². The molecule has 0 saturated carbocycles. The Labute approximate surface area is 175 Å². The van der Waals surface area contributed by atoms with Crippen LogP contribution in [0, 0.1) is 0 Å². The summed E-state index contributed by atoms with van der Waals surface area (Å²) < 4.78 is 29.6. The van der Waals surface area contributed by atoms with Gasteiger partial charge in [-0.3, -0.25) is 14.5 Å². The minimum Gasteiger partial charge on any atom is -0.462 e. The molecule has 158 valence electrons. The average Bonchev–Trinajstić information content (AvgIpc) is 2.99. The summed E-state index contributed by atoms with van der Waals surface area (Å²) in [4.78, 5) is 38.5. The van der Waals surface area contributed by atoms with Gasteiger partial charge in [-0.05, 0) is 43.2 Å². The molecule has 0 unspecified atom stereocenters. The zero-order chi connectivity index (χ0) is 21.7. The first-order valence-electron chi connectivity index (χ1n) is 9.80. The molecular formula is C22H23NO6S. The fourth-order valence-electron chi connectivity index (χ4n) is 3.18. The van der Waals surface area contributed by atoms with Crippen molar-refractivity contribution in [1.29, 1.82) is 0 Å². The fraction of sp³-hybridized carbons (Fsp3) is 0.318. The number of nitrogens with zero attached hydrogens (tertiary/aromatic N) is 1. The van der Waals surface area contributed by atoms with Crippen LogP contribution >= 0.6 is 0 Å². The highest BCUT2D eigenvalue weighted by atomic mass is 32.2. The lowest BCUT2D eigenvalue weighted by molar-refractivity contribution is 0.0505. The van der Waals surface area contributed by atoms with Crippen molar-refractivity contribution >= 4 is 27.6 Å². The van der Waals surface area contributed by atoms with Gasteiger partial charge in [0.25, 0.3) is 11.8 Å². The number of ether oxygens (including phenoxy) is 1. The number of esters is 1. The number of imide groups is 1. The van der Waals surface area contributed by atoms with Crippen LogP contribution in [0.15, 0.2) is 53.4 Å². The molecule has 0 N–H and O–H groups in total. The Kier molecular flexibility index (Phi) is 6.66. The predicted octanol–water partition coefficient (Wildman–Crippen LogP) is 3.10.